The molecule has 0 unspecified atom stereocenters. The highest BCUT2D eigenvalue weighted by Crippen LogP contribution is 2.31. The lowest BCUT2D eigenvalue weighted by atomic mass is 10.1. The number of hydrogen-bond acceptors (Lipinski definition) is 4. The lowest BCUT2D eigenvalue weighted by molar-refractivity contribution is -0.384. The standard InChI is InChI=1S/C17H15ClFN3O3/c18-13-4-5-15(16(11-13)22(24)25)20-6-8-21(9-7-20)17(23)12-2-1-3-14(19)10-12/h1-5,10-11H,6-9H2. The zero-order valence-electron chi connectivity index (χ0n) is 13.2. The van der Waals surface area contributed by atoms with E-state index in [0.29, 0.717) is 42.5 Å². The van der Waals surface area contributed by atoms with Gasteiger partial charge in [-0.3, -0.25) is 14.9 Å². The van der Waals surface area contributed by atoms with E-state index >= 15 is 0 Å². The van der Waals surface area contributed by atoms with Crippen LogP contribution in [0.2, 0.25) is 5.02 Å². The Hall–Kier alpha value is -2.67. The maximum absolute atomic E-state index is 13.3. The van der Waals surface area contributed by atoms with Gasteiger partial charge in [0.15, 0.2) is 0 Å². The molecule has 0 saturated carbocycles. The first kappa shape index (κ1) is 17.2. The quantitative estimate of drug-likeness (QED) is 0.619. The van der Waals surface area contributed by atoms with E-state index in [1.165, 1.54) is 24.3 Å². The van der Waals surface area contributed by atoms with E-state index in [-0.39, 0.29) is 11.6 Å². The van der Waals surface area contributed by atoms with Gasteiger partial charge in [-0.25, -0.2) is 4.39 Å². The molecule has 0 spiro atoms. The molecule has 8 heteroatoms. The Morgan fingerprint density at radius 2 is 1.84 bits per heavy atom. The van der Waals surface area contributed by atoms with Crippen molar-refractivity contribution in [3.63, 3.8) is 0 Å². The highest BCUT2D eigenvalue weighted by atomic mass is 35.5. The van der Waals surface area contributed by atoms with Crippen LogP contribution >= 0.6 is 11.6 Å². The number of rotatable bonds is 3. The number of carbonyl (C=O) groups is 1. The Morgan fingerprint density at radius 3 is 2.48 bits per heavy atom. The molecule has 0 atom stereocenters. The Morgan fingerprint density at radius 1 is 1.12 bits per heavy atom. The zero-order valence-corrected chi connectivity index (χ0v) is 13.9. The predicted molar refractivity (Wildman–Crippen MR) is 92.6 cm³/mol. The number of nitrogens with zero attached hydrogens (tertiary/aromatic N) is 3. The summed E-state index contributed by atoms with van der Waals surface area (Å²) < 4.78 is 13.3. The Bertz CT molecular complexity index is 823. The third-order valence-electron chi connectivity index (χ3n) is 4.11. The number of piperazine rings is 1. The average Bonchev–Trinajstić information content (AvgIpc) is 2.61. The Labute approximate surface area is 148 Å². The normalized spacial score (nSPS) is 14.5. The van der Waals surface area contributed by atoms with Gasteiger partial charge in [0, 0.05) is 42.8 Å². The highest BCUT2D eigenvalue weighted by molar-refractivity contribution is 6.30. The molecule has 0 N–H and O–H groups in total. The second-order valence-electron chi connectivity index (χ2n) is 5.68. The van der Waals surface area contributed by atoms with Crippen LogP contribution in [-0.2, 0) is 0 Å². The van der Waals surface area contributed by atoms with Crippen LogP contribution in [0.15, 0.2) is 42.5 Å². The van der Waals surface area contributed by atoms with Gasteiger partial charge in [-0.15, -0.1) is 0 Å². The van der Waals surface area contributed by atoms with Crippen molar-refractivity contribution in [2.45, 2.75) is 0 Å². The van der Waals surface area contributed by atoms with Crippen molar-refractivity contribution in [1.82, 2.24) is 4.90 Å². The number of halogens is 2. The van der Waals surface area contributed by atoms with E-state index in [2.05, 4.69) is 0 Å². The lowest BCUT2D eigenvalue weighted by Gasteiger charge is -2.35. The van der Waals surface area contributed by atoms with Crippen molar-refractivity contribution in [1.29, 1.82) is 0 Å². The summed E-state index contributed by atoms with van der Waals surface area (Å²) in [5.41, 5.74) is 0.718. The number of hydrogen-bond donors (Lipinski definition) is 0. The van der Waals surface area contributed by atoms with Gasteiger partial charge in [0.1, 0.15) is 11.5 Å². The van der Waals surface area contributed by atoms with Crippen LogP contribution in [-0.4, -0.2) is 41.9 Å². The molecule has 1 heterocycles. The van der Waals surface area contributed by atoms with Gasteiger partial charge in [0.05, 0.1) is 4.92 Å². The summed E-state index contributed by atoms with van der Waals surface area (Å²) >= 11 is 5.84. The second kappa shape index (κ2) is 7.06. The minimum Gasteiger partial charge on any atom is -0.362 e. The monoisotopic (exact) mass is 363 g/mol. The molecule has 0 bridgehead atoms. The molecule has 0 aliphatic carbocycles. The largest absolute Gasteiger partial charge is 0.362 e. The smallest absolute Gasteiger partial charge is 0.294 e. The van der Waals surface area contributed by atoms with E-state index in [9.17, 15) is 19.3 Å². The fourth-order valence-electron chi connectivity index (χ4n) is 2.86. The van der Waals surface area contributed by atoms with E-state index in [0.717, 1.165) is 0 Å². The number of nitro groups is 1. The van der Waals surface area contributed by atoms with Crippen molar-refractivity contribution < 1.29 is 14.1 Å². The minimum absolute atomic E-state index is 0.0580. The number of amides is 1. The summed E-state index contributed by atoms with van der Waals surface area (Å²) in [5.74, 6) is -0.703. The molecular weight excluding hydrogens is 349 g/mol. The summed E-state index contributed by atoms with van der Waals surface area (Å²) in [4.78, 5) is 26.7. The molecule has 0 aromatic heterocycles. The summed E-state index contributed by atoms with van der Waals surface area (Å²) in [6, 6.07) is 10.1. The van der Waals surface area contributed by atoms with Crippen molar-refractivity contribution in [2.75, 3.05) is 31.1 Å². The molecule has 25 heavy (non-hydrogen) atoms. The minimum atomic E-state index is -0.467. The first-order chi connectivity index (χ1) is 12.0. The fraction of sp³-hybridized carbons (Fsp3) is 0.235. The number of carbonyl (C=O) groups excluding carboxylic acids is 1. The van der Waals surface area contributed by atoms with Crippen LogP contribution in [0.3, 0.4) is 0 Å². The van der Waals surface area contributed by atoms with Crippen LogP contribution in [0, 0.1) is 15.9 Å². The van der Waals surface area contributed by atoms with Gasteiger partial charge in [0.25, 0.3) is 11.6 Å². The van der Waals surface area contributed by atoms with Crippen molar-refractivity contribution >= 4 is 28.9 Å². The topological polar surface area (TPSA) is 66.7 Å². The molecule has 1 amide bonds. The zero-order chi connectivity index (χ0) is 18.0. The lowest BCUT2D eigenvalue weighted by Crippen LogP contribution is -2.49. The van der Waals surface area contributed by atoms with Crippen LogP contribution in [0.4, 0.5) is 15.8 Å². The number of benzene rings is 2. The molecule has 6 nitrogen and oxygen atoms in total. The van der Waals surface area contributed by atoms with Crippen LogP contribution in [0.25, 0.3) is 0 Å². The van der Waals surface area contributed by atoms with Crippen molar-refractivity contribution in [3.8, 4) is 0 Å². The summed E-state index contributed by atoms with van der Waals surface area (Å²) in [7, 11) is 0. The van der Waals surface area contributed by atoms with Gasteiger partial charge in [-0.2, -0.15) is 0 Å². The van der Waals surface area contributed by atoms with E-state index in [4.69, 9.17) is 11.6 Å². The molecule has 2 aromatic rings. The van der Waals surface area contributed by atoms with E-state index in [1.807, 2.05) is 4.90 Å². The van der Waals surface area contributed by atoms with Crippen LogP contribution in [0.5, 0.6) is 0 Å². The third-order valence-corrected chi connectivity index (χ3v) is 4.35. The number of nitro benzene ring substituents is 1. The molecule has 1 aliphatic rings. The molecule has 1 fully saturated rings. The first-order valence-corrected chi connectivity index (χ1v) is 8.07. The SMILES string of the molecule is O=C(c1cccc(F)c1)N1CCN(c2ccc(Cl)cc2[N+](=O)[O-])CC1. The molecule has 1 saturated heterocycles. The molecule has 3 rings (SSSR count). The molecular formula is C17H15ClFN3O3. The predicted octanol–water partition coefficient (Wildman–Crippen LogP) is 3.35. The first-order valence-electron chi connectivity index (χ1n) is 7.69. The fourth-order valence-corrected chi connectivity index (χ4v) is 3.03. The third kappa shape index (κ3) is 3.71. The molecule has 0 radical (unpaired) electrons. The average molecular weight is 364 g/mol. The second-order valence-corrected chi connectivity index (χ2v) is 6.12. The van der Waals surface area contributed by atoms with Crippen molar-refractivity contribution in [3.05, 3.63) is 69.0 Å². The molecule has 1 aliphatic heterocycles. The van der Waals surface area contributed by atoms with Gasteiger partial charge in [-0.1, -0.05) is 17.7 Å². The molecule has 2 aromatic carbocycles. The van der Waals surface area contributed by atoms with Crippen molar-refractivity contribution in [2.24, 2.45) is 0 Å². The van der Waals surface area contributed by atoms with Gasteiger partial charge >= 0.3 is 0 Å². The van der Waals surface area contributed by atoms with Crippen LogP contribution in [0.1, 0.15) is 10.4 Å². The Balaban J connectivity index is 1.72. The number of anilines is 1. The van der Waals surface area contributed by atoms with Gasteiger partial charge in [0.2, 0.25) is 0 Å². The summed E-state index contributed by atoms with van der Waals surface area (Å²) in [6.07, 6.45) is 0. The molecule has 130 valence electrons. The van der Waals surface area contributed by atoms with Gasteiger partial charge in [-0.05, 0) is 30.3 Å². The van der Waals surface area contributed by atoms with E-state index in [1.54, 1.807) is 23.1 Å². The summed E-state index contributed by atoms with van der Waals surface area (Å²) in [5, 5.41) is 11.5. The summed E-state index contributed by atoms with van der Waals surface area (Å²) in [6.45, 7) is 1.69. The maximum atomic E-state index is 13.3. The van der Waals surface area contributed by atoms with Crippen LogP contribution < -0.4 is 4.90 Å². The van der Waals surface area contributed by atoms with Gasteiger partial charge < -0.3 is 9.80 Å². The Kier molecular flexibility index (Phi) is 4.85. The van der Waals surface area contributed by atoms with E-state index < -0.39 is 10.7 Å². The maximum Gasteiger partial charge on any atom is 0.294 e. The highest BCUT2D eigenvalue weighted by Gasteiger charge is 2.26.